The Morgan fingerprint density at radius 3 is 2.72 bits per heavy atom. The van der Waals surface area contributed by atoms with Crippen LogP contribution in [-0.4, -0.2) is 48.5 Å². The molecule has 3 rings (SSSR count). The molecule has 134 valence electrons. The van der Waals surface area contributed by atoms with E-state index >= 15 is 0 Å². The molecule has 10 heteroatoms. The van der Waals surface area contributed by atoms with Gasteiger partial charge in [0.1, 0.15) is 5.71 Å². The minimum Gasteiger partial charge on any atom is -0.319 e. The summed E-state index contributed by atoms with van der Waals surface area (Å²) in [6.45, 7) is 0. The van der Waals surface area contributed by atoms with Gasteiger partial charge in [0.2, 0.25) is 5.91 Å². The van der Waals surface area contributed by atoms with E-state index < -0.39 is 21.8 Å². The van der Waals surface area contributed by atoms with Gasteiger partial charge in [0.05, 0.1) is 33.3 Å². The van der Waals surface area contributed by atoms with E-state index in [2.05, 4.69) is 10.4 Å². The lowest BCUT2D eigenvalue weighted by Gasteiger charge is -2.27. The summed E-state index contributed by atoms with van der Waals surface area (Å²) in [4.78, 5) is 24.5. The molecule has 2 heterocycles. The minimum atomic E-state index is -3.16. The number of rotatable bonds is 3. The van der Waals surface area contributed by atoms with Gasteiger partial charge in [0, 0.05) is 12.8 Å². The van der Waals surface area contributed by atoms with E-state index in [4.69, 9.17) is 23.2 Å². The molecule has 0 bridgehead atoms. The van der Waals surface area contributed by atoms with E-state index in [1.54, 1.807) is 18.2 Å². The number of carbonyl (C=O) groups excluding carboxylic acids is 2. The van der Waals surface area contributed by atoms with Crippen LogP contribution < -0.4 is 5.32 Å². The Kier molecular flexibility index (Phi) is 5.04. The molecule has 25 heavy (non-hydrogen) atoms. The van der Waals surface area contributed by atoms with Crippen molar-refractivity contribution in [2.45, 2.75) is 25.3 Å². The Bertz CT molecular complexity index is 870. The van der Waals surface area contributed by atoms with E-state index in [1.807, 2.05) is 0 Å². The fourth-order valence-corrected chi connectivity index (χ4v) is 4.82. The van der Waals surface area contributed by atoms with E-state index in [9.17, 15) is 18.0 Å². The molecule has 1 N–H and O–H groups in total. The quantitative estimate of drug-likeness (QED) is 0.835. The first-order valence-electron chi connectivity index (χ1n) is 7.62. The number of anilines is 1. The number of amides is 2. The number of benzene rings is 1. The molecule has 0 aromatic heterocycles. The molecule has 2 aliphatic heterocycles. The van der Waals surface area contributed by atoms with Crippen LogP contribution >= 0.6 is 23.2 Å². The standard InChI is InChI=1S/C15H15Cl2N3O4S/c16-10-2-1-3-11(14(10)17)18-15(22)12-4-5-13(21)20(19-12)9-6-7-25(23,24)8-9/h1-3,9H,4-8H2,(H,18,22)/t9-/m0/s1. The molecule has 1 atom stereocenters. The van der Waals surface area contributed by atoms with E-state index in [0.717, 1.165) is 5.01 Å². The van der Waals surface area contributed by atoms with Gasteiger partial charge < -0.3 is 5.32 Å². The maximum atomic E-state index is 12.4. The molecule has 0 saturated carbocycles. The van der Waals surface area contributed by atoms with Gasteiger partial charge in [-0.3, -0.25) is 9.59 Å². The van der Waals surface area contributed by atoms with Crippen molar-refractivity contribution in [1.29, 1.82) is 0 Å². The van der Waals surface area contributed by atoms with Crippen molar-refractivity contribution in [3.8, 4) is 0 Å². The van der Waals surface area contributed by atoms with Crippen molar-refractivity contribution in [1.82, 2.24) is 5.01 Å². The van der Waals surface area contributed by atoms with Gasteiger partial charge >= 0.3 is 0 Å². The summed E-state index contributed by atoms with van der Waals surface area (Å²) >= 11 is 12.0. The third-order valence-electron chi connectivity index (χ3n) is 4.08. The second-order valence-corrected chi connectivity index (χ2v) is 8.91. The van der Waals surface area contributed by atoms with Crippen molar-refractivity contribution in [3.05, 3.63) is 28.2 Å². The van der Waals surface area contributed by atoms with Gasteiger partial charge in [0.25, 0.3) is 5.91 Å². The second kappa shape index (κ2) is 6.93. The van der Waals surface area contributed by atoms with Gasteiger partial charge in [-0.05, 0) is 18.6 Å². The van der Waals surface area contributed by atoms with Crippen molar-refractivity contribution < 1.29 is 18.0 Å². The van der Waals surface area contributed by atoms with Crippen molar-refractivity contribution in [3.63, 3.8) is 0 Å². The summed E-state index contributed by atoms with van der Waals surface area (Å²) in [5.74, 6) is -0.879. The highest BCUT2D eigenvalue weighted by Gasteiger charge is 2.37. The molecule has 2 aliphatic rings. The molecular weight excluding hydrogens is 389 g/mol. The summed E-state index contributed by atoms with van der Waals surface area (Å²) < 4.78 is 23.2. The summed E-state index contributed by atoms with van der Waals surface area (Å²) in [5.41, 5.74) is 0.494. The summed E-state index contributed by atoms with van der Waals surface area (Å²) in [7, 11) is -3.16. The number of nitrogens with one attached hydrogen (secondary N) is 1. The van der Waals surface area contributed by atoms with Crippen molar-refractivity contribution in [2.75, 3.05) is 16.8 Å². The first kappa shape index (κ1) is 18.2. The lowest BCUT2D eigenvalue weighted by molar-refractivity contribution is -0.133. The maximum Gasteiger partial charge on any atom is 0.271 e. The number of hydrazone groups is 1. The summed E-state index contributed by atoms with van der Waals surface area (Å²) in [5, 5.41) is 8.38. The fourth-order valence-electron chi connectivity index (χ4n) is 2.78. The molecule has 0 aliphatic carbocycles. The predicted molar refractivity (Wildman–Crippen MR) is 95.7 cm³/mol. The molecule has 7 nitrogen and oxygen atoms in total. The highest BCUT2D eigenvalue weighted by atomic mass is 35.5. The van der Waals surface area contributed by atoms with E-state index in [0.29, 0.717) is 17.1 Å². The lowest BCUT2D eigenvalue weighted by atomic mass is 10.1. The zero-order valence-corrected chi connectivity index (χ0v) is 15.4. The molecule has 0 radical (unpaired) electrons. The number of nitrogens with zero attached hydrogens (tertiary/aromatic N) is 2. The highest BCUT2D eigenvalue weighted by molar-refractivity contribution is 7.91. The first-order chi connectivity index (χ1) is 11.8. The number of sulfone groups is 1. The summed E-state index contributed by atoms with van der Waals surface area (Å²) in [6.07, 6.45) is 0.609. The predicted octanol–water partition coefficient (Wildman–Crippen LogP) is 2.10. The molecule has 1 saturated heterocycles. The zero-order valence-electron chi connectivity index (χ0n) is 13.0. The van der Waals surface area contributed by atoms with E-state index in [1.165, 1.54) is 0 Å². The Hall–Kier alpha value is -1.64. The maximum absolute atomic E-state index is 12.4. The SMILES string of the molecule is O=C(Nc1cccc(Cl)c1Cl)C1=NN([C@H]2CCS(=O)(=O)C2)C(=O)CC1. The smallest absolute Gasteiger partial charge is 0.271 e. The fraction of sp³-hybridized carbons (Fsp3) is 0.400. The highest BCUT2D eigenvalue weighted by Crippen LogP contribution is 2.30. The number of hydrogen-bond acceptors (Lipinski definition) is 5. The van der Waals surface area contributed by atoms with Gasteiger partial charge in [-0.1, -0.05) is 29.3 Å². The summed E-state index contributed by atoms with van der Waals surface area (Å²) in [6, 6.07) is 4.32. The third-order valence-corrected chi connectivity index (χ3v) is 6.65. The molecule has 1 fully saturated rings. The van der Waals surface area contributed by atoms with Crippen LogP contribution in [-0.2, 0) is 19.4 Å². The Balaban J connectivity index is 1.79. The normalized spacial score (nSPS) is 22.6. The van der Waals surface area contributed by atoms with Gasteiger partial charge in [-0.25, -0.2) is 13.4 Å². The third kappa shape index (κ3) is 3.96. The Morgan fingerprint density at radius 2 is 2.04 bits per heavy atom. The largest absolute Gasteiger partial charge is 0.319 e. The molecular formula is C15H15Cl2N3O4S. The average Bonchev–Trinajstić information content (AvgIpc) is 2.92. The van der Waals surface area contributed by atoms with E-state index in [-0.39, 0.29) is 41.0 Å². The number of halogens is 2. The second-order valence-electron chi connectivity index (χ2n) is 5.90. The van der Waals surface area contributed by atoms with Crippen LogP contribution in [0.4, 0.5) is 5.69 Å². The molecule has 0 unspecified atom stereocenters. The van der Waals surface area contributed by atoms with Crippen LogP contribution in [0.5, 0.6) is 0 Å². The van der Waals surface area contributed by atoms with Crippen LogP contribution in [0.2, 0.25) is 10.0 Å². The number of hydrogen-bond donors (Lipinski definition) is 1. The minimum absolute atomic E-state index is 0.0244. The van der Waals surface area contributed by atoms with Crippen LogP contribution in [0.3, 0.4) is 0 Å². The zero-order chi connectivity index (χ0) is 18.2. The van der Waals surface area contributed by atoms with Gasteiger partial charge in [-0.2, -0.15) is 5.10 Å². The topological polar surface area (TPSA) is 95.9 Å². The van der Waals surface area contributed by atoms with Crippen molar-refractivity contribution >= 4 is 56.3 Å². The van der Waals surface area contributed by atoms with Crippen molar-refractivity contribution in [2.24, 2.45) is 5.10 Å². The molecule has 1 aromatic rings. The Labute approximate surface area is 154 Å². The molecule has 2 amide bonds. The van der Waals surface area contributed by atoms with Crippen LogP contribution in [0.15, 0.2) is 23.3 Å². The molecule has 0 spiro atoms. The van der Waals surface area contributed by atoms with Gasteiger partial charge in [0.15, 0.2) is 9.84 Å². The van der Waals surface area contributed by atoms with Crippen LogP contribution in [0.1, 0.15) is 19.3 Å². The monoisotopic (exact) mass is 403 g/mol. The molecule has 1 aromatic carbocycles. The first-order valence-corrected chi connectivity index (χ1v) is 10.2. The van der Waals surface area contributed by atoms with Crippen LogP contribution in [0.25, 0.3) is 0 Å². The van der Waals surface area contributed by atoms with Crippen LogP contribution in [0, 0.1) is 0 Å². The number of carbonyl (C=O) groups is 2. The lowest BCUT2D eigenvalue weighted by Crippen LogP contribution is -2.42. The Morgan fingerprint density at radius 1 is 1.28 bits per heavy atom. The average molecular weight is 404 g/mol. The van der Waals surface area contributed by atoms with Gasteiger partial charge in [-0.15, -0.1) is 0 Å².